The average Bonchev–Trinajstić information content (AvgIpc) is 2.15. The zero-order valence-corrected chi connectivity index (χ0v) is 11.5. The van der Waals surface area contributed by atoms with Crippen LogP contribution >= 0.6 is 15.9 Å². The summed E-state index contributed by atoms with van der Waals surface area (Å²) in [7, 11) is 1.40. The van der Waals surface area contributed by atoms with Crippen molar-refractivity contribution in [1.82, 2.24) is 4.90 Å². The lowest BCUT2D eigenvalue weighted by molar-refractivity contribution is 0.0759. The fourth-order valence-electron chi connectivity index (χ4n) is 1.19. The predicted octanol–water partition coefficient (Wildman–Crippen LogP) is 2.61. The molecule has 0 aromatic heterocycles. The Morgan fingerprint density at radius 3 is 2.40 bits per heavy atom. The molecule has 0 heterocycles. The second-order valence-corrected chi connectivity index (χ2v) is 4.62. The van der Waals surface area contributed by atoms with Gasteiger partial charge in [0.05, 0.1) is 7.11 Å². The lowest BCUT2D eigenvalue weighted by atomic mass is 10.1. The molecule has 0 atom stereocenters. The maximum atomic E-state index is 11.5. The Bertz CT molecular complexity index is 192. The van der Waals surface area contributed by atoms with Crippen LogP contribution in [-0.2, 0) is 9.47 Å². The van der Waals surface area contributed by atoms with Crippen LogP contribution in [0.3, 0.4) is 0 Å². The van der Waals surface area contributed by atoms with Gasteiger partial charge in [0.15, 0.2) is 0 Å². The summed E-state index contributed by atoms with van der Waals surface area (Å²) in [6.45, 7) is 7.22. The highest BCUT2D eigenvalue weighted by molar-refractivity contribution is 9.09. The smallest absolute Gasteiger partial charge is 0.409 e. The number of carbonyl (C=O) groups excluding carboxylic acids is 1. The average molecular weight is 282 g/mol. The molecule has 0 fully saturated rings. The predicted molar refractivity (Wildman–Crippen MR) is 63.2 cm³/mol. The molecular weight excluding hydrogens is 262 g/mol. The summed E-state index contributed by atoms with van der Waals surface area (Å²) in [5.74, 6) is 0. The van der Waals surface area contributed by atoms with E-state index in [1.54, 1.807) is 4.90 Å². The molecular formula is C10H20BrNO3. The van der Waals surface area contributed by atoms with E-state index in [0.29, 0.717) is 18.7 Å². The van der Waals surface area contributed by atoms with Crippen LogP contribution in [-0.4, -0.2) is 42.3 Å². The monoisotopic (exact) mass is 281 g/mol. The van der Waals surface area contributed by atoms with Crippen LogP contribution in [0.4, 0.5) is 4.79 Å². The third-order valence-electron chi connectivity index (χ3n) is 1.95. The molecule has 0 spiro atoms. The zero-order chi connectivity index (χ0) is 11.9. The highest BCUT2D eigenvalue weighted by Crippen LogP contribution is 2.14. The molecule has 0 radical (unpaired) electrons. The number of nitrogens with zero attached hydrogens (tertiary/aromatic N) is 1. The van der Waals surface area contributed by atoms with Gasteiger partial charge in [-0.2, -0.15) is 0 Å². The Kier molecular flexibility index (Phi) is 6.92. The van der Waals surface area contributed by atoms with Crippen LogP contribution in [0, 0.1) is 0 Å². The Labute approximate surface area is 100 Å². The molecule has 0 rings (SSSR count). The number of carbonyl (C=O) groups is 1. The van der Waals surface area contributed by atoms with Gasteiger partial charge < -0.3 is 14.4 Å². The number of ether oxygens (including phenoxy) is 2. The summed E-state index contributed by atoms with van der Waals surface area (Å²) >= 11 is 3.17. The first-order valence-corrected chi connectivity index (χ1v) is 6.05. The number of hydrogen-bond donors (Lipinski definition) is 0. The molecule has 1 amide bonds. The van der Waals surface area contributed by atoms with Crippen LogP contribution in [0.5, 0.6) is 0 Å². The summed E-state index contributed by atoms with van der Waals surface area (Å²) in [6.07, 6.45) is 0.513. The molecule has 0 aromatic rings. The van der Waals surface area contributed by atoms with Gasteiger partial charge in [0.2, 0.25) is 0 Å². The SMILES string of the molecule is COC(=O)N(CCCOCBr)C(C)(C)C. The Morgan fingerprint density at radius 2 is 2.00 bits per heavy atom. The van der Waals surface area contributed by atoms with Gasteiger partial charge in [-0.05, 0) is 27.2 Å². The lowest BCUT2D eigenvalue weighted by Crippen LogP contribution is -2.46. The molecule has 0 aliphatic carbocycles. The van der Waals surface area contributed by atoms with E-state index in [1.807, 2.05) is 20.8 Å². The van der Waals surface area contributed by atoms with Gasteiger partial charge >= 0.3 is 6.09 Å². The van der Waals surface area contributed by atoms with Crippen molar-refractivity contribution in [2.24, 2.45) is 0 Å². The third kappa shape index (κ3) is 5.99. The van der Waals surface area contributed by atoms with Crippen molar-refractivity contribution in [3.8, 4) is 0 Å². The first kappa shape index (κ1) is 14.7. The minimum Gasteiger partial charge on any atom is -0.453 e. The molecule has 0 N–H and O–H groups in total. The Balaban J connectivity index is 4.09. The minimum absolute atomic E-state index is 0.221. The summed E-state index contributed by atoms with van der Waals surface area (Å²) in [5, 5.41) is 0. The molecule has 0 unspecified atom stereocenters. The van der Waals surface area contributed by atoms with E-state index in [2.05, 4.69) is 15.9 Å². The van der Waals surface area contributed by atoms with E-state index in [1.165, 1.54) is 7.11 Å². The highest BCUT2D eigenvalue weighted by Gasteiger charge is 2.26. The molecule has 0 aliphatic rings. The topological polar surface area (TPSA) is 38.8 Å². The summed E-state index contributed by atoms with van der Waals surface area (Å²) in [5.41, 5.74) is 0.308. The standard InChI is InChI=1S/C10H20BrNO3/c1-10(2,3)12(9(13)14-4)6-5-7-15-8-11/h5-8H2,1-4H3. The van der Waals surface area contributed by atoms with E-state index in [-0.39, 0.29) is 11.6 Å². The molecule has 0 aromatic carbocycles. The molecule has 0 bridgehead atoms. The van der Waals surface area contributed by atoms with Crippen LogP contribution in [0.1, 0.15) is 27.2 Å². The van der Waals surface area contributed by atoms with Crippen molar-refractivity contribution < 1.29 is 14.3 Å². The second-order valence-electron chi connectivity index (χ2n) is 4.16. The summed E-state index contributed by atoms with van der Waals surface area (Å²) in [6, 6.07) is 0. The number of hydrogen-bond acceptors (Lipinski definition) is 3. The van der Waals surface area contributed by atoms with Gasteiger partial charge in [-0.3, -0.25) is 0 Å². The van der Waals surface area contributed by atoms with Crippen molar-refractivity contribution in [3.63, 3.8) is 0 Å². The zero-order valence-electron chi connectivity index (χ0n) is 9.88. The Hall–Kier alpha value is -0.290. The number of halogens is 1. The van der Waals surface area contributed by atoms with Gasteiger partial charge in [0.25, 0.3) is 0 Å². The van der Waals surface area contributed by atoms with Gasteiger partial charge in [0, 0.05) is 18.7 Å². The number of methoxy groups -OCH3 is 1. The van der Waals surface area contributed by atoms with Crippen LogP contribution in [0.25, 0.3) is 0 Å². The lowest BCUT2D eigenvalue weighted by Gasteiger charge is -2.34. The Morgan fingerprint density at radius 1 is 1.40 bits per heavy atom. The van der Waals surface area contributed by atoms with Crippen LogP contribution < -0.4 is 0 Å². The van der Waals surface area contributed by atoms with Crippen LogP contribution in [0.15, 0.2) is 0 Å². The van der Waals surface area contributed by atoms with E-state index in [0.717, 1.165) is 6.42 Å². The van der Waals surface area contributed by atoms with Gasteiger partial charge in [-0.1, -0.05) is 15.9 Å². The quantitative estimate of drug-likeness (QED) is 0.574. The van der Waals surface area contributed by atoms with E-state index < -0.39 is 0 Å². The molecule has 0 aliphatic heterocycles. The first-order valence-electron chi connectivity index (χ1n) is 4.92. The molecule has 90 valence electrons. The maximum Gasteiger partial charge on any atom is 0.409 e. The highest BCUT2D eigenvalue weighted by atomic mass is 79.9. The van der Waals surface area contributed by atoms with Gasteiger partial charge in [-0.15, -0.1) is 0 Å². The molecule has 5 heteroatoms. The first-order chi connectivity index (χ1) is 6.93. The number of rotatable bonds is 5. The van der Waals surface area contributed by atoms with E-state index in [4.69, 9.17) is 9.47 Å². The van der Waals surface area contributed by atoms with E-state index >= 15 is 0 Å². The second kappa shape index (κ2) is 7.06. The van der Waals surface area contributed by atoms with Crippen molar-refractivity contribution in [3.05, 3.63) is 0 Å². The van der Waals surface area contributed by atoms with Crippen molar-refractivity contribution >= 4 is 22.0 Å². The number of amides is 1. The largest absolute Gasteiger partial charge is 0.453 e. The minimum atomic E-state index is -0.290. The third-order valence-corrected chi connectivity index (χ3v) is 2.28. The number of alkyl halides is 1. The molecule has 0 saturated carbocycles. The molecule has 4 nitrogen and oxygen atoms in total. The van der Waals surface area contributed by atoms with Crippen molar-refractivity contribution in [1.29, 1.82) is 0 Å². The van der Waals surface area contributed by atoms with E-state index in [9.17, 15) is 4.79 Å². The van der Waals surface area contributed by atoms with Crippen molar-refractivity contribution in [2.75, 3.05) is 25.8 Å². The summed E-state index contributed by atoms with van der Waals surface area (Å²) in [4.78, 5) is 13.2. The normalized spacial score (nSPS) is 11.3. The fourth-order valence-corrected chi connectivity index (χ4v) is 1.42. The molecule has 15 heavy (non-hydrogen) atoms. The molecule has 0 saturated heterocycles. The fraction of sp³-hybridized carbons (Fsp3) is 0.900. The maximum absolute atomic E-state index is 11.5. The van der Waals surface area contributed by atoms with Gasteiger partial charge in [0.1, 0.15) is 5.52 Å². The van der Waals surface area contributed by atoms with Crippen molar-refractivity contribution in [2.45, 2.75) is 32.7 Å². The van der Waals surface area contributed by atoms with Crippen LogP contribution in [0.2, 0.25) is 0 Å². The van der Waals surface area contributed by atoms with Gasteiger partial charge in [-0.25, -0.2) is 4.79 Å². The summed E-state index contributed by atoms with van der Waals surface area (Å²) < 4.78 is 9.88.